The van der Waals surface area contributed by atoms with E-state index in [4.69, 9.17) is 5.73 Å². The first-order valence-corrected chi connectivity index (χ1v) is 4.18. The van der Waals surface area contributed by atoms with E-state index < -0.39 is 6.04 Å². The molecule has 1 aromatic rings. The van der Waals surface area contributed by atoms with Crippen LogP contribution in [-0.4, -0.2) is 12.3 Å². The molecule has 0 fully saturated rings. The summed E-state index contributed by atoms with van der Waals surface area (Å²) in [6.45, 7) is 3.66. The molecule has 0 spiro atoms. The van der Waals surface area contributed by atoms with Gasteiger partial charge < -0.3 is 10.5 Å². The van der Waals surface area contributed by atoms with E-state index in [-0.39, 0.29) is 0 Å². The summed E-state index contributed by atoms with van der Waals surface area (Å²) in [6.07, 6.45) is 3.14. The molecule has 1 unspecified atom stereocenters. The van der Waals surface area contributed by atoms with E-state index in [0.717, 1.165) is 17.4 Å². The van der Waals surface area contributed by atoms with E-state index in [1.807, 2.05) is 24.3 Å². The summed E-state index contributed by atoms with van der Waals surface area (Å²) >= 11 is 0. The van der Waals surface area contributed by atoms with Crippen molar-refractivity contribution in [3.8, 4) is 0 Å². The third-order valence-corrected chi connectivity index (χ3v) is 1.86. The summed E-state index contributed by atoms with van der Waals surface area (Å²) in [4.78, 5) is 10.3. The van der Waals surface area contributed by atoms with Crippen LogP contribution in [0.4, 0.5) is 0 Å². The Morgan fingerprint density at radius 1 is 1.38 bits per heavy atom. The van der Waals surface area contributed by atoms with Gasteiger partial charge in [-0.25, -0.2) is 0 Å². The maximum atomic E-state index is 10.3. The fourth-order valence-electron chi connectivity index (χ4n) is 1.11. The van der Waals surface area contributed by atoms with Crippen molar-refractivity contribution in [3.05, 3.63) is 42.0 Å². The van der Waals surface area contributed by atoms with Crippen LogP contribution in [-0.2, 0) is 11.2 Å². The number of nitrogens with two attached hydrogens (primary N) is 1. The molecule has 0 saturated heterocycles. The Bertz CT molecular complexity index is 289. The second kappa shape index (κ2) is 4.58. The molecule has 0 aliphatic carbocycles. The molecule has 1 atom stereocenters. The summed E-state index contributed by atoms with van der Waals surface area (Å²) in [6, 6.07) is 7.44. The average Bonchev–Trinajstić information content (AvgIpc) is 2.19. The number of aldehydes is 1. The zero-order chi connectivity index (χ0) is 9.68. The van der Waals surface area contributed by atoms with Crippen LogP contribution in [0.5, 0.6) is 0 Å². The lowest BCUT2D eigenvalue weighted by atomic mass is 10.1. The molecule has 2 N–H and O–H groups in total. The van der Waals surface area contributed by atoms with Crippen molar-refractivity contribution >= 4 is 12.4 Å². The molecular formula is C11H13NO. The van der Waals surface area contributed by atoms with E-state index in [0.29, 0.717) is 6.42 Å². The molecule has 0 bridgehead atoms. The Hall–Kier alpha value is -1.41. The molecular weight excluding hydrogens is 162 g/mol. The van der Waals surface area contributed by atoms with Crippen LogP contribution in [0.3, 0.4) is 0 Å². The molecule has 13 heavy (non-hydrogen) atoms. The largest absolute Gasteiger partial charge is 0.321 e. The average molecular weight is 175 g/mol. The molecule has 2 heteroatoms. The number of carbonyl (C=O) groups is 1. The first kappa shape index (κ1) is 9.68. The summed E-state index contributed by atoms with van der Waals surface area (Å²) in [5.41, 5.74) is 7.63. The summed E-state index contributed by atoms with van der Waals surface area (Å²) in [7, 11) is 0. The van der Waals surface area contributed by atoms with Gasteiger partial charge in [0.25, 0.3) is 0 Å². The molecule has 0 heterocycles. The SMILES string of the molecule is C=Cc1ccc(CC(N)C=O)cc1. The van der Waals surface area contributed by atoms with Gasteiger partial charge in [-0.3, -0.25) is 0 Å². The van der Waals surface area contributed by atoms with E-state index in [9.17, 15) is 4.79 Å². The summed E-state index contributed by atoms with van der Waals surface area (Å²) < 4.78 is 0. The van der Waals surface area contributed by atoms with Crippen LogP contribution in [0.25, 0.3) is 6.08 Å². The van der Waals surface area contributed by atoms with E-state index in [2.05, 4.69) is 6.58 Å². The number of hydrogen-bond acceptors (Lipinski definition) is 2. The van der Waals surface area contributed by atoms with Crippen LogP contribution in [0, 0.1) is 0 Å². The van der Waals surface area contributed by atoms with Crippen molar-refractivity contribution in [1.29, 1.82) is 0 Å². The Labute approximate surface area is 78.1 Å². The van der Waals surface area contributed by atoms with Gasteiger partial charge in [-0.15, -0.1) is 0 Å². The third-order valence-electron chi connectivity index (χ3n) is 1.86. The minimum atomic E-state index is -0.394. The van der Waals surface area contributed by atoms with Gasteiger partial charge in [0.2, 0.25) is 0 Å². The van der Waals surface area contributed by atoms with Gasteiger partial charge in [-0.1, -0.05) is 36.9 Å². The monoisotopic (exact) mass is 175 g/mol. The minimum Gasteiger partial charge on any atom is -0.321 e. The van der Waals surface area contributed by atoms with Crippen LogP contribution >= 0.6 is 0 Å². The van der Waals surface area contributed by atoms with Gasteiger partial charge >= 0.3 is 0 Å². The zero-order valence-corrected chi connectivity index (χ0v) is 7.44. The normalized spacial score (nSPS) is 12.1. The molecule has 1 aromatic carbocycles. The Morgan fingerprint density at radius 3 is 2.46 bits per heavy atom. The van der Waals surface area contributed by atoms with Crippen molar-refractivity contribution in [2.45, 2.75) is 12.5 Å². The molecule has 2 nitrogen and oxygen atoms in total. The van der Waals surface area contributed by atoms with E-state index in [1.54, 1.807) is 6.08 Å². The number of hydrogen-bond donors (Lipinski definition) is 1. The maximum Gasteiger partial charge on any atom is 0.137 e. The van der Waals surface area contributed by atoms with Gasteiger partial charge in [0.05, 0.1) is 6.04 Å². The van der Waals surface area contributed by atoms with Gasteiger partial charge in [-0.05, 0) is 17.5 Å². The molecule has 0 aromatic heterocycles. The highest BCUT2D eigenvalue weighted by Crippen LogP contribution is 2.06. The fraction of sp³-hybridized carbons (Fsp3) is 0.182. The topological polar surface area (TPSA) is 43.1 Å². The predicted octanol–water partition coefficient (Wildman–Crippen LogP) is 1.40. The highest BCUT2D eigenvalue weighted by molar-refractivity contribution is 5.58. The van der Waals surface area contributed by atoms with E-state index in [1.165, 1.54) is 0 Å². The van der Waals surface area contributed by atoms with Gasteiger partial charge in [0.1, 0.15) is 6.29 Å². The lowest BCUT2D eigenvalue weighted by Gasteiger charge is -2.03. The first-order valence-electron chi connectivity index (χ1n) is 4.18. The van der Waals surface area contributed by atoms with Crippen LogP contribution in [0.2, 0.25) is 0 Å². The Morgan fingerprint density at radius 2 is 2.00 bits per heavy atom. The van der Waals surface area contributed by atoms with Crippen molar-refractivity contribution < 1.29 is 4.79 Å². The summed E-state index contributed by atoms with van der Waals surface area (Å²) in [5, 5.41) is 0. The standard InChI is InChI=1S/C11H13NO/c1-2-9-3-5-10(6-4-9)7-11(12)8-13/h2-6,8,11H,1,7,12H2. The highest BCUT2D eigenvalue weighted by Gasteiger charge is 2.00. The van der Waals surface area contributed by atoms with Crippen molar-refractivity contribution in [3.63, 3.8) is 0 Å². The first-order chi connectivity index (χ1) is 6.26. The van der Waals surface area contributed by atoms with Crippen molar-refractivity contribution in [2.24, 2.45) is 5.73 Å². The van der Waals surface area contributed by atoms with Crippen LogP contribution in [0.15, 0.2) is 30.8 Å². The molecule has 1 rings (SSSR count). The molecule has 0 saturated carbocycles. The van der Waals surface area contributed by atoms with Gasteiger partial charge in [0.15, 0.2) is 0 Å². The third kappa shape index (κ3) is 2.84. The number of benzene rings is 1. The predicted molar refractivity (Wildman–Crippen MR) is 54.3 cm³/mol. The van der Waals surface area contributed by atoms with Gasteiger partial charge in [0, 0.05) is 0 Å². The van der Waals surface area contributed by atoms with Crippen molar-refractivity contribution in [2.75, 3.05) is 0 Å². The maximum absolute atomic E-state index is 10.3. The molecule has 0 amide bonds. The number of carbonyl (C=O) groups excluding carboxylic acids is 1. The second-order valence-corrected chi connectivity index (χ2v) is 2.95. The quantitative estimate of drug-likeness (QED) is 0.703. The van der Waals surface area contributed by atoms with E-state index >= 15 is 0 Å². The fourth-order valence-corrected chi connectivity index (χ4v) is 1.11. The Kier molecular flexibility index (Phi) is 3.41. The zero-order valence-electron chi connectivity index (χ0n) is 7.44. The van der Waals surface area contributed by atoms with Crippen LogP contribution < -0.4 is 5.73 Å². The smallest absolute Gasteiger partial charge is 0.137 e. The summed E-state index contributed by atoms with van der Waals surface area (Å²) in [5.74, 6) is 0. The van der Waals surface area contributed by atoms with Gasteiger partial charge in [-0.2, -0.15) is 0 Å². The highest BCUT2D eigenvalue weighted by atomic mass is 16.1. The second-order valence-electron chi connectivity index (χ2n) is 2.95. The molecule has 0 aliphatic heterocycles. The molecule has 0 aliphatic rings. The van der Waals surface area contributed by atoms with Crippen molar-refractivity contribution in [1.82, 2.24) is 0 Å². The lowest BCUT2D eigenvalue weighted by molar-refractivity contribution is -0.108. The van der Waals surface area contributed by atoms with Crippen LogP contribution in [0.1, 0.15) is 11.1 Å². The lowest BCUT2D eigenvalue weighted by Crippen LogP contribution is -2.23. The molecule has 68 valence electrons. The molecule has 0 radical (unpaired) electrons. The Balaban J connectivity index is 2.69. The minimum absolute atomic E-state index is 0.394. The number of rotatable bonds is 4.